The van der Waals surface area contributed by atoms with Gasteiger partial charge < -0.3 is 0 Å². The molecule has 0 radical (unpaired) electrons. The topological polar surface area (TPSA) is 94.1 Å². The van der Waals surface area contributed by atoms with E-state index in [1.807, 2.05) is 48.5 Å². The summed E-state index contributed by atoms with van der Waals surface area (Å²) in [6.45, 7) is 0. The monoisotopic (exact) mass is 576 g/mol. The van der Waals surface area contributed by atoms with Crippen LogP contribution in [0, 0.1) is 0 Å². The molecule has 194 valence electrons. The number of aromatic nitrogens is 2. The molecule has 0 amide bonds. The highest BCUT2D eigenvalue weighted by Gasteiger charge is 2.25. The van der Waals surface area contributed by atoms with Crippen LogP contribution in [0.3, 0.4) is 0 Å². The summed E-state index contributed by atoms with van der Waals surface area (Å²) in [5.74, 6) is 0. The summed E-state index contributed by atoms with van der Waals surface area (Å²) >= 11 is 2.48. The highest BCUT2D eigenvalue weighted by molar-refractivity contribution is 7.26. The smallest absolute Gasteiger partial charge is 0.205 e. The van der Waals surface area contributed by atoms with Crippen molar-refractivity contribution in [2.75, 3.05) is 0 Å². The van der Waals surface area contributed by atoms with Crippen LogP contribution in [-0.4, -0.2) is 9.97 Å². The van der Waals surface area contributed by atoms with E-state index in [4.69, 9.17) is 4.98 Å². The Morgan fingerprint density at radius 2 is 1.00 bits per heavy atom. The van der Waals surface area contributed by atoms with Gasteiger partial charge in [0, 0.05) is 55.7 Å². The molecule has 0 bridgehead atoms. The van der Waals surface area contributed by atoms with E-state index in [0.717, 1.165) is 32.7 Å². The predicted octanol–water partition coefficient (Wildman–Crippen LogP) is 6.68. The van der Waals surface area contributed by atoms with Crippen molar-refractivity contribution in [3.8, 4) is 11.1 Å². The van der Waals surface area contributed by atoms with Gasteiger partial charge >= 0.3 is 0 Å². The number of benzene rings is 2. The van der Waals surface area contributed by atoms with E-state index >= 15 is 0 Å². The van der Waals surface area contributed by atoms with Gasteiger partial charge in [0.1, 0.15) is 0 Å². The Labute approximate surface area is 240 Å². The Hall–Kier alpha value is -5.18. The van der Waals surface area contributed by atoms with Crippen LogP contribution >= 0.6 is 22.7 Å². The fourth-order valence-corrected chi connectivity index (χ4v) is 9.22. The van der Waals surface area contributed by atoms with Crippen molar-refractivity contribution >= 4 is 106 Å². The highest BCUT2D eigenvalue weighted by atomic mass is 32.1. The molecule has 10 rings (SSSR count). The molecule has 8 heteroatoms. The number of pyridine rings is 2. The zero-order valence-corrected chi connectivity index (χ0v) is 22.9. The van der Waals surface area contributed by atoms with Crippen LogP contribution < -0.4 is 21.7 Å². The largest absolute Gasteiger partial charge is 0.288 e. The number of fused-ring (bicyclic) bond motifs is 14. The van der Waals surface area contributed by atoms with Gasteiger partial charge in [-0.2, -0.15) is 0 Å². The molecule has 0 fully saturated rings. The molecule has 4 heterocycles. The van der Waals surface area contributed by atoms with Crippen LogP contribution in [0.15, 0.2) is 92.2 Å². The molecule has 0 aliphatic heterocycles. The van der Waals surface area contributed by atoms with Crippen LogP contribution in [0.2, 0.25) is 0 Å². The molecule has 42 heavy (non-hydrogen) atoms. The third-order valence-corrected chi connectivity index (χ3v) is 11.0. The average Bonchev–Trinajstić information content (AvgIpc) is 3.83. The van der Waals surface area contributed by atoms with E-state index in [1.165, 1.54) is 22.7 Å². The lowest BCUT2D eigenvalue weighted by Crippen LogP contribution is -1.95. The molecule has 0 spiro atoms. The zero-order chi connectivity index (χ0) is 28.0. The van der Waals surface area contributed by atoms with Crippen molar-refractivity contribution in [1.82, 2.24) is 9.97 Å². The summed E-state index contributed by atoms with van der Waals surface area (Å²) in [5, 5.41) is 7.06. The molecule has 0 aliphatic carbocycles. The summed E-state index contributed by atoms with van der Waals surface area (Å²) in [4.78, 5) is 62.3. The molecule has 10 aromatic rings. The highest BCUT2D eigenvalue weighted by Crippen LogP contribution is 2.43. The fourth-order valence-electron chi connectivity index (χ4n) is 6.77. The summed E-state index contributed by atoms with van der Waals surface area (Å²) in [5.41, 5.74) is 2.28. The Bertz CT molecular complexity index is 2850. The second kappa shape index (κ2) is 7.36. The molecule has 4 aromatic heterocycles. The first-order chi connectivity index (χ1) is 20.5. The van der Waals surface area contributed by atoms with Crippen molar-refractivity contribution in [3.05, 3.63) is 114 Å². The van der Waals surface area contributed by atoms with Crippen molar-refractivity contribution in [2.45, 2.75) is 0 Å². The second-order valence-corrected chi connectivity index (χ2v) is 12.7. The van der Waals surface area contributed by atoms with E-state index in [2.05, 4.69) is 4.98 Å². The van der Waals surface area contributed by atoms with Gasteiger partial charge in [-0.05, 0) is 40.6 Å². The van der Waals surface area contributed by atoms with Crippen LogP contribution in [0.5, 0.6) is 0 Å². The van der Waals surface area contributed by atoms with Gasteiger partial charge in [-0.15, -0.1) is 22.7 Å². The van der Waals surface area contributed by atoms with Crippen LogP contribution in [-0.2, 0) is 0 Å². The summed E-state index contributed by atoms with van der Waals surface area (Å²) in [7, 11) is 0. The molecule has 6 aromatic carbocycles. The normalized spacial score (nSPS) is 12.7. The SMILES string of the molecule is O=c1c2ccccc2c2c1sc1c(=O)c3cc(-c4cnc5c(c4)c(=O)c4sc6c(=O)c7cccnc7c6c45)ccc3c12. The number of thiophene rings is 2. The number of hydrogen-bond donors (Lipinski definition) is 0. The Kier molecular flexibility index (Phi) is 3.94. The quantitative estimate of drug-likeness (QED) is 0.216. The van der Waals surface area contributed by atoms with Crippen LogP contribution in [0.4, 0.5) is 0 Å². The van der Waals surface area contributed by atoms with Crippen molar-refractivity contribution in [1.29, 1.82) is 0 Å². The molecule has 0 N–H and O–H groups in total. The van der Waals surface area contributed by atoms with Gasteiger partial charge in [0.2, 0.25) is 21.7 Å². The first-order valence-electron chi connectivity index (χ1n) is 13.2. The van der Waals surface area contributed by atoms with E-state index < -0.39 is 0 Å². The molecule has 0 saturated heterocycles. The maximum absolute atomic E-state index is 13.6. The van der Waals surface area contributed by atoms with Crippen molar-refractivity contribution in [3.63, 3.8) is 0 Å². The molecule has 0 atom stereocenters. The molecular weight excluding hydrogens is 565 g/mol. The molecular formula is C34H12N2O4S2. The lowest BCUT2D eigenvalue weighted by molar-refractivity contribution is 1.43. The summed E-state index contributed by atoms with van der Waals surface area (Å²) < 4.78 is 2.28. The number of hydrogen-bond acceptors (Lipinski definition) is 8. The minimum absolute atomic E-state index is 0.0253. The lowest BCUT2D eigenvalue weighted by atomic mass is 10.0. The third-order valence-electron chi connectivity index (χ3n) is 8.61. The molecule has 0 saturated carbocycles. The first kappa shape index (κ1) is 22.5. The van der Waals surface area contributed by atoms with Gasteiger partial charge in [-0.25, -0.2) is 0 Å². The Morgan fingerprint density at radius 3 is 1.76 bits per heavy atom. The maximum Gasteiger partial charge on any atom is 0.205 e. The van der Waals surface area contributed by atoms with Crippen molar-refractivity contribution in [2.24, 2.45) is 0 Å². The van der Waals surface area contributed by atoms with Gasteiger partial charge in [-0.3, -0.25) is 29.1 Å². The predicted molar refractivity (Wildman–Crippen MR) is 173 cm³/mol. The van der Waals surface area contributed by atoms with Gasteiger partial charge in [-0.1, -0.05) is 36.4 Å². The third kappa shape index (κ3) is 2.48. The number of rotatable bonds is 1. The van der Waals surface area contributed by atoms with E-state index in [9.17, 15) is 19.2 Å². The molecule has 0 unspecified atom stereocenters. The van der Waals surface area contributed by atoms with Gasteiger partial charge in [0.25, 0.3) is 0 Å². The average molecular weight is 577 g/mol. The number of nitrogens with zero attached hydrogens (tertiary/aromatic N) is 2. The first-order valence-corrected chi connectivity index (χ1v) is 14.9. The Balaban J connectivity index is 1.22. The maximum atomic E-state index is 13.6. The molecule has 6 nitrogen and oxygen atoms in total. The standard InChI is InChI=1S/C34H12N2O4S2/c37-27-17-5-2-1-4-15(17)21-22-16-8-7-13(10-19(16)29(39)32(22)41-31(21)27)14-11-20-26(36-12-14)24-23-25-18(6-3-9-35-25)28(38)33(23)42-34(24)30(20)40/h1-12H. The van der Waals surface area contributed by atoms with Crippen LogP contribution in [0.1, 0.15) is 0 Å². The lowest BCUT2D eigenvalue weighted by Gasteiger charge is -2.03. The van der Waals surface area contributed by atoms with Gasteiger partial charge in [0.05, 0.1) is 35.2 Å². The Morgan fingerprint density at radius 1 is 0.452 bits per heavy atom. The van der Waals surface area contributed by atoms with Gasteiger partial charge in [0.15, 0.2) is 0 Å². The minimum Gasteiger partial charge on any atom is -0.288 e. The van der Waals surface area contributed by atoms with E-state index in [0.29, 0.717) is 62.2 Å². The van der Waals surface area contributed by atoms with E-state index in [1.54, 1.807) is 24.5 Å². The van der Waals surface area contributed by atoms with Crippen molar-refractivity contribution < 1.29 is 0 Å². The van der Waals surface area contributed by atoms with Crippen LogP contribution in [0.25, 0.3) is 94.8 Å². The van der Waals surface area contributed by atoms with E-state index in [-0.39, 0.29) is 21.7 Å². The fraction of sp³-hybridized carbons (Fsp3) is 0. The summed E-state index contributed by atoms with van der Waals surface area (Å²) in [6.07, 6.45) is 3.36. The minimum atomic E-state index is -0.155. The zero-order valence-electron chi connectivity index (χ0n) is 21.3. The molecule has 0 aliphatic rings. The summed E-state index contributed by atoms with van der Waals surface area (Å²) in [6, 6.07) is 18.6. The second-order valence-electron chi connectivity index (χ2n) is 10.7.